The molecule has 2 aromatic rings. The van der Waals surface area contributed by atoms with Crippen LogP contribution in [0.3, 0.4) is 0 Å². The second-order valence-corrected chi connectivity index (χ2v) is 8.96. The molecule has 1 aliphatic heterocycles. The third-order valence-electron chi connectivity index (χ3n) is 7.21. The summed E-state index contributed by atoms with van der Waals surface area (Å²) < 4.78 is 17.0. The van der Waals surface area contributed by atoms with Gasteiger partial charge in [-0.1, -0.05) is 12.1 Å². The van der Waals surface area contributed by atoms with E-state index in [2.05, 4.69) is 10.6 Å². The van der Waals surface area contributed by atoms with Crippen molar-refractivity contribution in [3.63, 3.8) is 0 Å². The molecule has 4 atom stereocenters. The zero-order valence-electron chi connectivity index (χ0n) is 18.4. The fourth-order valence-electron chi connectivity index (χ4n) is 5.54. The van der Waals surface area contributed by atoms with Crippen LogP contribution in [0.4, 0.5) is 0 Å². The highest BCUT2D eigenvalue weighted by Gasteiger charge is 2.57. The summed E-state index contributed by atoms with van der Waals surface area (Å²) in [5, 5.41) is 6.24. The van der Waals surface area contributed by atoms with E-state index in [1.807, 2.05) is 24.3 Å². The highest BCUT2D eigenvalue weighted by molar-refractivity contribution is 5.98. The maximum Gasteiger partial charge on any atom is 0.258 e. The van der Waals surface area contributed by atoms with Gasteiger partial charge >= 0.3 is 0 Å². The first kappa shape index (κ1) is 20.7. The van der Waals surface area contributed by atoms with E-state index >= 15 is 0 Å². The van der Waals surface area contributed by atoms with Gasteiger partial charge in [-0.15, -0.1) is 0 Å². The first-order valence-electron chi connectivity index (χ1n) is 11.1. The molecule has 0 aromatic heterocycles. The van der Waals surface area contributed by atoms with E-state index in [4.69, 9.17) is 14.2 Å². The number of methoxy groups -OCH3 is 2. The van der Waals surface area contributed by atoms with Gasteiger partial charge < -0.3 is 24.8 Å². The lowest BCUT2D eigenvalue weighted by Gasteiger charge is -2.55. The molecule has 2 N–H and O–H groups in total. The van der Waals surface area contributed by atoms with Crippen molar-refractivity contribution >= 4 is 11.8 Å². The average molecular weight is 437 g/mol. The molecule has 6 rings (SSSR count). The van der Waals surface area contributed by atoms with Crippen molar-refractivity contribution in [2.75, 3.05) is 14.2 Å². The largest absolute Gasteiger partial charge is 0.497 e. The van der Waals surface area contributed by atoms with Gasteiger partial charge in [0.2, 0.25) is 5.91 Å². The van der Waals surface area contributed by atoms with Crippen LogP contribution >= 0.6 is 0 Å². The molecule has 3 fully saturated rings. The molecule has 0 radical (unpaired) electrons. The Kier molecular flexibility index (Phi) is 5.19. The number of amides is 2. The van der Waals surface area contributed by atoms with Gasteiger partial charge in [0.1, 0.15) is 17.2 Å². The molecule has 168 valence electrons. The summed E-state index contributed by atoms with van der Waals surface area (Å²) in [6, 6.07) is 13.0. The molecule has 2 aromatic carbocycles. The lowest BCUT2D eigenvalue weighted by Crippen LogP contribution is -2.66. The molecular formula is C25H28N2O5. The Bertz CT molecular complexity index is 1050. The zero-order valence-corrected chi connectivity index (χ0v) is 18.4. The SMILES string of the molecule is COc1cccc(CNC(=O)[C@@H]2C[C@H]3CC[C@H]2C[C@]32NC(=O)c3ccc(OC)cc3O2)c1. The maximum atomic E-state index is 13.0. The van der Waals surface area contributed by atoms with Gasteiger partial charge in [0.15, 0.2) is 5.72 Å². The summed E-state index contributed by atoms with van der Waals surface area (Å²) >= 11 is 0. The van der Waals surface area contributed by atoms with Gasteiger partial charge in [-0.25, -0.2) is 0 Å². The van der Waals surface area contributed by atoms with Crippen LogP contribution in [-0.4, -0.2) is 31.8 Å². The van der Waals surface area contributed by atoms with Gasteiger partial charge in [0, 0.05) is 30.9 Å². The maximum absolute atomic E-state index is 13.0. The number of carbonyl (C=O) groups excluding carboxylic acids is 2. The van der Waals surface area contributed by atoms with Crippen molar-refractivity contribution in [1.29, 1.82) is 0 Å². The summed E-state index contributed by atoms with van der Waals surface area (Å²) in [4.78, 5) is 25.9. The zero-order chi connectivity index (χ0) is 22.3. The number of carbonyl (C=O) groups is 2. The fraction of sp³-hybridized carbons (Fsp3) is 0.440. The monoisotopic (exact) mass is 436 g/mol. The van der Waals surface area contributed by atoms with E-state index in [9.17, 15) is 9.59 Å². The number of rotatable bonds is 5. The minimum absolute atomic E-state index is 0.0709. The summed E-state index contributed by atoms with van der Waals surface area (Å²) in [6.07, 6.45) is 3.24. The minimum atomic E-state index is -0.747. The molecule has 32 heavy (non-hydrogen) atoms. The highest BCUT2D eigenvalue weighted by Crippen LogP contribution is 2.52. The molecule has 0 saturated heterocycles. The van der Waals surface area contributed by atoms with Crippen molar-refractivity contribution in [2.24, 2.45) is 17.8 Å². The molecule has 3 saturated carbocycles. The molecule has 1 heterocycles. The van der Waals surface area contributed by atoms with Gasteiger partial charge in [0.25, 0.3) is 5.91 Å². The van der Waals surface area contributed by atoms with Gasteiger partial charge in [-0.3, -0.25) is 9.59 Å². The highest BCUT2D eigenvalue weighted by atomic mass is 16.5. The molecule has 7 nitrogen and oxygen atoms in total. The topological polar surface area (TPSA) is 85.9 Å². The van der Waals surface area contributed by atoms with E-state index < -0.39 is 5.72 Å². The predicted octanol–water partition coefficient (Wildman–Crippen LogP) is 3.27. The van der Waals surface area contributed by atoms with Crippen LogP contribution in [0, 0.1) is 17.8 Å². The van der Waals surface area contributed by atoms with Crippen molar-refractivity contribution in [3.8, 4) is 17.2 Å². The molecule has 3 aliphatic carbocycles. The summed E-state index contributed by atoms with van der Waals surface area (Å²) in [6.45, 7) is 0.468. The van der Waals surface area contributed by atoms with E-state index in [1.54, 1.807) is 32.4 Å². The van der Waals surface area contributed by atoms with Gasteiger partial charge in [-0.05, 0) is 55.0 Å². The van der Waals surface area contributed by atoms with Crippen LogP contribution in [-0.2, 0) is 11.3 Å². The van der Waals surface area contributed by atoms with Crippen LogP contribution in [0.25, 0.3) is 0 Å². The number of hydrogen-bond acceptors (Lipinski definition) is 5. The molecule has 2 amide bonds. The first-order valence-corrected chi connectivity index (χ1v) is 11.1. The van der Waals surface area contributed by atoms with Gasteiger partial charge in [-0.2, -0.15) is 0 Å². The number of fused-ring (bicyclic) bond motifs is 3. The summed E-state index contributed by atoms with van der Waals surface area (Å²) in [5.74, 6) is 2.11. The van der Waals surface area contributed by atoms with E-state index in [-0.39, 0.29) is 29.6 Å². The van der Waals surface area contributed by atoms with E-state index in [0.717, 1.165) is 24.2 Å². The molecule has 2 bridgehead atoms. The van der Waals surface area contributed by atoms with Crippen molar-refractivity contribution in [1.82, 2.24) is 10.6 Å². The fourth-order valence-corrected chi connectivity index (χ4v) is 5.54. The Morgan fingerprint density at radius 2 is 1.97 bits per heavy atom. The van der Waals surface area contributed by atoms with E-state index in [0.29, 0.717) is 36.4 Å². The lowest BCUT2D eigenvalue weighted by atomic mass is 9.60. The summed E-state index contributed by atoms with van der Waals surface area (Å²) in [7, 11) is 3.23. The molecule has 7 heteroatoms. The number of hydrogen-bond donors (Lipinski definition) is 2. The average Bonchev–Trinajstić information content (AvgIpc) is 2.82. The third kappa shape index (κ3) is 3.55. The van der Waals surface area contributed by atoms with Crippen LogP contribution in [0.1, 0.15) is 41.6 Å². The Labute approximate surface area is 187 Å². The second kappa shape index (κ2) is 8.04. The second-order valence-electron chi connectivity index (χ2n) is 8.96. The lowest BCUT2D eigenvalue weighted by molar-refractivity contribution is -0.146. The van der Waals surface area contributed by atoms with Crippen molar-refractivity contribution in [3.05, 3.63) is 53.6 Å². The standard InChI is InChI=1S/C25H28N2O5/c1-30-18-5-3-4-15(10-18)14-26-23(28)21-11-17-7-6-16(21)13-25(17)27-24(29)20-9-8-19(31-2)12-22(20)32-25/h3-5,8-10,12,16-17,21H,6-7,11,13-14H2,1-2H3,(H,26,28)(H,27,29)/t16-,17+,21+,25+/m0/s1. The molecule has 4 aliphatic rings. The van der Waals surface area contributed by atoms with Crippen LogP contribution in [0.2, 0.25) is 0 Å². The van der Waals surface area contributed by atoms with Crippen molar-refractivity contribution in [2.45, 2.75) is 38.0 Å². The quantitative estimate of drug-likeness (QED) is 0.751. The number of nitrogens with one attached hydrogen (secondary N) is 2. The third-order valence-corrected chi connectivity index (χ3v) is 7.21. The Balaban J connectivity index is 1.29. The molecular weight excluding hydrogens is 408 g/mol. The number of benzene rings is 2. The predicted molar refractivity (Wildman–Crippen MR) is 118 cm³/mol. The molecule has 0 unspecified atom stereocenters. The van der Waals surface area contributed by atoms with Crippen LogP contribution < -0.4 is 24.8 Å². The Hall–Kier alpha value is -3.22. The minimum Gasteiger partial charge on any atom is -0.497 e. The van der Waals surface area contributed by atoms with E-state index in [1.165, 1.54) is 0 Å². The van der Waals surface area contributed by atoms with Gasteiger partial charge in [0.05, 0.1) is 19.8 Å². The molecule has 1 spiro atoms. The van der Waals surface area contributed by atoms with Crippen molar-refractivity contribution < 1.29 is 23.8 Å². The summed E-state index contributed by atoms with van der Waals surface area (Å²) in [5.41, 5.74) is 0.775. The first-order chi connectivity index (χ1) is 15.5. The smallest absolute Gasteiger partial charge is 0.258 e. The Morgan fingerprint density at radius 3 is 2.72 bits per heavy atom. The van der Waals surface area contributed by atoms with Crippen LogP contribution in [0.15, 0.2) is 42.5 Å². The Morgan fingerprint density at radius 1 is 1.16 bits per heavy atom. The van der Waals surface area contributed by atoms with Crippen LogP contribution in [0.5, 0.6) is 17.2 Å². The number of ether oxygens (including phenoxy) is 3. The normalized spacial score (nSPS) is 27.8.